The average molecular weight is 441 g/mol. The zero-order valence-corrected chi connectivity index (χ0v) is 18.0. The number of hydrogen-bond donors (Lipinski definition) is 4. The van der Waals surface area contributed by atoms with Crippen molar-refractivity contribution in [1.29, 1.82) is 0 Å². The van der Waals surface area contributed by atoms with E-state index in [9.17, 15) is 15.2 Å². The molecule has 2 aromatic carbocycles. The maximum absolute atomic E-state index is 10.8. The first kappa shape index (κ1) is 21.1. The van der Waals surface area contributed by atoms with E-state index in [0.29, 0.717) is 16.5 Å². The number of hydroxylamine groups is 2. The Morgan fingerprint density at radius 1 is 1.13 bits per heavy atom. The third-order valence-electron chi connectivity index (χ3n) is 4.97. The number of aryl methyl sites for hydroxylation is 2. The summed E-state index contributed by atoms with van der Waals surface area (Å²) in [6, 6.07) is 11.3. The highest BCUT2D eigenvalue weighted by atomic mass is 32.2. The predicted octanol–water partition coefficient (Wildman–Crippen LogP) is 3.83. The molecule has 0 aliphatic rings. The first-order chi connectivity index (χ1) is 14.6. The highest BCUT2D eigenvalue weighted by molar-refractivity contribution is 7.99. The molecule has 10 heteroatoms. The zero-order valence-electron chi connectivity index (χ0n) is 17.2. The van der Waals surface area contributed by atoms with Crippen LogP contribution in [0.5, 0.6) is 0 Å². The number of benzene rings is 2. The van der Waals surface area contributed by atoms with Crippen LogP contribution in [0.25, 0.3) is 33.4 Å². The van der Waals surface area contributed by atoms with E-state index >= 15 is 0 Å². The summed E-state index contributed by atoms with van der Waals surface area (Å²) in [6.07, 6.45) is 2.00. The first-order valence-corrected chi connectivity index (χ1v) is 10.4. The van der Waals surface area contributed by atoms with Gasteiger partial charge in [0.2, 0.25) is 0 Å². The van der Waals surface area contributed by atoms with Crippen LogP contribution in [0.2, 0.25) is 0 Å². The SMILES string of the molecule is Cc1cc(-c2cc(-c3nnc(SCC(=O)O)[nH]3)cc([N+](C)(O)O)c2)cc2ccn(C)c12. The Hall–Kier alpha value is -3.18. The smallest absolute Gasteiger partial charge is 0.313 e. The van der Waals surface area contributed by atoms with Gasteiger partial charge in [0, 0.05) is 36.3 Å². The summed E-state index contributed by atoms with van der Waals surface area (Å²) >= 11 is 1.03. The molecule has 0 saturated carbocycles. The molecule has 0 fully saturated rings. The molecule has 0 unspecified atom stereocenters. The van der Waals surface area contributed by atoms with Crippen LogP contribution in [0.1, 0.15) is 5.56 Å². The molecule has 4 rings (SSSR count). The number of carbonyl (C=O) groups is 1. The van der Waals surface area contributed by atoms with Crippen molar-refractivity contribution in [2.45, 2.75) is 12.1 Å². The number of nitrogens with zero attached hydrogens (tertiary/aromatic N) is 4. The van der Waals surface area contributed by atoms with Gasteiger partial charge in [0.15, 0.2) is 16.7 Å². The molecular formula is C21H22N5O4S+. The quantitative estimate of drug-likeness (QED) is 0.204. The van der Waals surface area contributed by atoms with E-state index in [0.717, 1.165) is 39.4 Å². The predicted molar refractivity (Wildman–Crippen MR) is 118 cm³/mol. The normalized spacial score (nSPS) is 11.9. The molecular weight excluding hydrogens is 418 g/mol. The average Bonchev–Trinajstić information content (AvgIpc) is 3.32. The van der Waals surface area contributed by atoms with Crippen molar-refractivity contribution in [3.63, 3.8) is 0 Å². The molecule has 0 radical (unpaired) electrons. The van der Waals surface area contributed by atoms with E-state index < -0.39 is 10.8 Å². The Kier molecular flexibility index (Phi) is 5.31. The summed E-state index contributed by atoms with van der Waals surface area (Å²) < 4.78 is 2.07. The van der Waals surface area contributed by atoms with E-state index in [4.69, 9.17) is 5.11 Å². The van der Waals surface area contributed by atoms with Gasteiger partial charge in [-0.15, -0.1) is 10.2 Å². The fourth-order valence-electron chi connectivity index (χ4n) is 3.58. The molecule has 0 saturated heterocycles. The number of thioether (sulfide) groups is 1. The minimum atomic E-state index is -1.35. The second-order valence-corrected chi connectivity index (χ2v) is 8.46. The molecule has 0 bridgehead atoms. The Balaban J connectivity index is 1.82. The van der Waals surface area contributed by atoms with Gasteiger partial charge in [-0.1, -0.05) is 11.8 Å². The Bertz CT molecular complexity index is 1290. The lowest BCUT2D eigenvalue weighted by Crippen LogP contribution is -2.36. The van der Waals surface area contributed by atoms with Crippen molar-refractivity contribution in [2.75, 3.05) is 12.8 Å². The number of aliphatic carboxylic acids is 1. The maximum atomic E-state index is 10.8. The lowest BCUT2D eigenvalue weighted by atomic mass is 9.98. The molecule has 2 heterocycles. The van der Waals surface area contributed by atoms with Crippen molar-refractivity contribution >= 4 is 34.3 Å². The summed E-state index contributed by atoms with van der Waals surface area (Å²) in [7, 11) is 3.24. The van der Waals surface area contributed by atoms with Crippen molar-refractivity contribution in [3.8, 4) is 22.5 Å². The van der Waals surface area contributed by atoms with E-state index in [1.165, 1.54) is 7.05 Å². The van der Waals surface area contributed by atoms with Crippen LogP contribution in [0.3, 0.4) is 0 Å². The van der Waals surface area contributed by atoms with Crippen LogP contribution in [0, 0.1) is 6.92 Å². The molecule has 0 amide bonds. The van der Waals surface area contributed by atoms with Gasteiger partial charge in [0.1, 0.15) is 7.05 Å². The number of fused-ring (bicyclic) bond motifs is 1. The van der Waals surface area contributed by atoms with Gasteiger partial charge in [-0.05, 0) is 52.7 Å². The van der Waals surface area contributed by atoms with Crippen LogP contribution in [-0.4, -0.2) is 54.0 Å². The van der Waals surface area contributed by atoms with Gasteiger partial charge in [-0.2, -0.15) is 10.4 Å². The van der Waals surface area contributed by atoms with E-state index in [-0.39, 0.29) is 11.4 Å². The lowest BCUT2D eigenvalue weighted by molar-refractivity contribution is -0.272. The summed E-state index contributed by atoms with van der Waals surface area (Å²) in [5, 5.41) is 38.8. The Labute approximate surface area is 182 Å². The van der Waals surface area contributed by atoms with Crippen LogP contribution >= 0.6 is 11.8 Å². The van der Waals surface area contributed by atoms with Gasteiger partial charge in [0.25, 0.3) is 0 Å². The Morgan fingerprint density at radius 2 is 1.84 bits per heavy atom. The molecule has 2 aromatic heterocycles. The lowest BCUT2D eigenvalue weighted by Gasteiger charge is -2.17. The number of quaternary nitrogens is 1. The number of aromatic amines is 1. The number of H-pyrrole nitrogens is 1. The molecule has 0 spiro atoms. The number of rotatable bonds is 6. The van der Waals surface area contributed by atoms with Crippen LogP contribution in [0.15, 0.2) is 47.8 Å². The molecule has 0 aliphatic carbocycles. The van der Waals surface area contributed by atoms with Gasteiger partial charge in [-0.25, -0.2) is 0 Å². The fourth-order valence-corrected chi connectivity index (χ4v) is 4.11. The summed E-state index contributed by atoms with van der Waals surface area (Å²) in [4.78, 5) is 12.4. The minimum absolute atomic E-state index is 0.140. The molecule has 9 nitrogen and oxygen atoms in total. The monoisotopic (exact) mass is 440 g/mol. The van der Waals surface area contributed by atoms with E-state index in [1.54, 1.807) is 12.1 Å². The van der Waals surface area contributed by atoms with Crippen molar-refractivity contribution < 1.29 is 20.3 Å². The summed E-state index contributed by atoms with van der Waals surface area (Å²) in [6.45, 7) is 2.04. The van der Waals surface area contributed by atoms with Crippen molar-refractivity contribution in [3.05, 3.63) is 48.2 Å². The van der Waals surface area contributed by atoms with E-state index in [1.807, 2.05) is 32.3 Å². The standard InChI is InChI=1S/C21H21N5O4S/c1-12-6-14(7-13-4-5-25(2)19(12)13)15-8-16(10-17(9-15)26(3,29)30)20-22-21(24-23-20)31-11-18(27)28/h4-10,29-30H,11H2,1-3H3,(H-,22,23,24,27,28)/p+1. The maximum Gasteiger partial charge on any atom is 0.313 e. The highest BCUT2D eigenvalue weighted by Gasteiger charge is 2.23. The Morgan fingerprint density at radius 3 is 2.55 bits per heavy atom. The molecule has 0 atom stereocenters. The summed E-state index contributed by atoms with van der Waals surface area (Å²) in [5.41, 5.74) is 4.79. The van der Waals surface area contributed by atoms with E-state index in [2.05, 4.69) is 31.9 Å². The molecule has 4 N–H and O–H groups in total. The third-order valence-corrected chi connectivity index (χ3v) is 5.82. The number of aromatic nitrogens is 4. The van der Waals surface area contributed by atoms with Crippen LogP contribution in [0.4, 0.5) is 5.69 Å². The number of carboxylic acids is 1. The largest absolute Gasteiger partial charge is 0.481 e. The molecule has 31 heavy (non-hydrogen) atoms. The van der Waals surface area contributed by atoms with Crippen molar-refractivity contribution in [1.82, 2.24) is 24.6 Å². The zero-order chi connectivity index (χ0) is 22.3. The number of hydrogen-bond acceptors (Lipinski definition) is 6. The topological polar surface area (TPSA) is 124 Å². The highest BCUT2D eigenvalue weighted by Crippen LogP contribution is 2.34. The number of nitrogens with one attached hydrogen (secondary N) is 1. The molecule has 160 valence electrons. The molecule has 0 aliphatic heterocycles. The second-order valence-electron chi connectivity index (χ2n) is 7.50. The summed E-state index contributed by atoms with van der Waals surface area (Å²) in [5.74, 6) is -0.687. The second kappa shape index (κ2) is 7.82. The van der Waals surface area contributed by atoms with Crippen LogP contribution in [-0.2, 0) is 11.8 Å². The third kappa shape index (κ3) is 4.32. The first-order valence-electron chi connectivity index (χ1n) is 9.43. The van der Waals surface area contributed by atoms with Gasteiger partial charge in [0.05, 0.1) is 11.3 Å². The molecule has 4 aromatic rings. The fraction of sp³-hybridized carbons (Fsp3) is 0.190. The van der Waals surface area contributed by atoms with Gasteiger partial charge < -0.3 is 14.7 Å². The number of carboxylic acid groups (broad SMARTS) is 1. The van der Waals surface area contributed by atoms with Crippen molar-refractivity contribution in [2.24, 2.45) is 7.05 Å². The van der Waals surface area contributed by atoms with Gasteiger partial charge >= 0.3 is 5.97 Å². The van der Waals surface area contributed by atoms with Crippen LogP contribution < -0.4 is 4.81 Å². The minimum Gasteiger partial charge on any atom is -0.481 e. The van der Waals surface area contributed by atoms with Gasteiger partial charge in [-0.3, -0.25) is 4.79 Å².